The predicted octanol–water partition coefficient (Wildman–Crippen LogP) is 4.49. The number of benzene rings is 2. The van der Waals surface area contributed by atoms with Gasteiger partial charge in [0.05, 0.1) is 18.4 Å². The third-order valence-electron chi connectivity index (χ3n) is 3.36. The van der Waals surface area contributed by atoms with Gasteiger partial charge in [0.25, 0.3) is 5.91 Å². The summed E-state index contributed by atoms with van der Waals surface area (Å²) < 4.78 is 45.1. The van der Waals surface area contributed by atoms with Gasteiger partial charge in [-0.3, -0.25) is 10.1 Å². The predicted molar refractivity (Wildman–Crippen MR) is 88.4 cm³/mol. The molecule has 0 atom stereocenters. The molecule has 0 saturated heterocycles. The zero-order valence-corrected chi connectivity index (χ0v) is 13.7. The molecule has 0 fully saturated rings. The number of aromatic nitrogens is 1. The van der Waals surface area contributed by atoms with Crippen molar-refractivity contribution in [3.8, 4) is 17.0 Å². The standard InChI is InChI=1S/C17H11F3N2O2S/c1-24-10-3-4-11(13(19)7-10)16(23)22-17-21-15(8-25-17)9-2-5-12(18)14(20)6-9/h2-8H,1H3,(H,21,22,23). The molecule has 0 spiro atoms. The maximum atomic E-state index is 13.9. The Balaban J connectivity index is 1.79. The summed E-state index contributed by atoms with van der Waals surface area (Å²) in [5, 5.41) is 4.26. The summed E-state index contributed by atoms with van der Waals surface area (Å²) in [4.78, 5) is 16.3. The van der Waals surface area contributed by atoms with Crippen molar-refractivity contribution in [1.29, 1.82) is 0 Å². The van der Waals surface area contributed by atoms with Crippen molar-refractivity contribution < 1.29 is 22.7 Å². The van der Waals surface area contributed by atoms with E-state index in [0.717, 1.165) is 29.5 Å². The monoisotopic (exact) mass is 364 g/mol. The highest BCUT2D eigenvalue weighted by Gasteiger charge is 2.15. The second kappa shape index (κ2) is 6.94. The number of rotatable bonds is 4. The Morgan fingerprint density at radius 1 is 1.08 bits per heavy atom. The summed E-state index contributed by atoms with van der Waals surface area (Å²) >= 11 is 1.08. The van der Waals surface area contributed by atoms with Gasteiger partial charge < -0.3 is 4.74 Å². The zero-order chi connectivity index (χ0) is 18.0. The van der Waals surface area contributed by atoms with Crippen LogP contribution in [0.4, 0.5) is 18.3 Å². The summed E-state index contributed by atoms with van der Waals surface area (Å²) in [5.74, 6) is -3.05. The highest BCUT2D eigenvalue weighted by Crippen LogP contribution is 2.27. The number of halogens is 3. The van der Waals surface area contributed by atoms with E-state index in [9.17, 15) is 18.0 Å². The normalized spacial score (nSPS) is 10.6. The van der Waals surface area contributed by atoms with E-state index < -0.39 is 23.4 Å². The molecule has 2 aromatic carbocycles. The first-order valence-electron chi connectivity index (χ1n) is 7.04. The highest BCUT2D eigenvalue weighted by atomic mass is 32.1. The molecule has 1 aromatic heterocycles. The van der Waals surface area contributed by atoms with Gasteiger partial charge >= 0.3 is 0 Å². The summed E-state index contributed by atoms with van der Waals surface area (Å²) in [6, 6.07) is 7.25. The summed E-state index contributed by atoms with van der Waals surface area (Å²) in [6.45, 7) is 0. The fourth-order valence-electron chi connectivity index (χ4n) is 2.09. The van der Waals surface area contributed by atoms with Crippen LogP contribution in [0.25, 0.3) is 11.3 Å². The van der Waals surface area contributed by atoms with Gasteiger partial charge in [-0.2, -0.15) is 0 Å². The van der Waals surface area contributed by atoms with Crippen molar-refractivity contribution >= 4 is 22.4 Å². The molecule has 0 aliphatic carbocycles. The number of amides is 1. The summed E-state index contributed by atoms with van der Waals surface area (Å²) in [5.41, 5.74) is 0.575. The second-order valence-electron chi connectivity index (χ2n) is 4.97. The Bertz CT molecular complexity index is 943. The number of carbonyl (C=O) groups excluding carboxylic acids is 1. The molecule has 3 rings (SSSR count). The molecule has 4 nitrogen and oxygen atoms in total. The Morgan fingerprint density at radius 2 is 1.88 bits per heavy atom. The number of hydrogen-bond acceptors (Lipinski definition) is 4. The summed E-state index contributed by atoms with van der Waals surface area (Å²) in [7, 11) is 1.39. The lowest BCUT2D eigenvalue weighted by molar-refractivity contribution is 0.102. The van der Waals surface area contributed by atoms with Gasteiger partial charge in [-0.25, -0.2) is 18.2 Å². The highest BCUT2D eigenvalue weighted by molar-refractivity contribution is 7.14. The number of ether oxygens (including phenoxy) is 1. The Hall–Kier alpha value is -2.87. The maximum absolute atomic E-state index is 13.9. The van der Waals surface area contributed by atoms with Crippen LogP contribution in [0.3, 0.4) is 0 Å². The second-order valence-corrected chi connectivity index (χ2v) is 5.82. The maximum Gasteiger partial charge on any atom is 0.260 e. The topological polar surface area (TPSA) is 51.2 Å². The number of thiazole rings is 1. The summed E-state index contributed by atoms with van der Waals surface area (Å²) in [6.07, 6.45) is 0. The van der Waals surface area contributed by atoms with E-state index in [2.05, 4.69) is 10.3 Å². The van der Waals surface area contributed by atoms with E-state index in [0.29, 0.717) is 17.0 Å². The SMILES string of the molecule is COc1ccc(C(=O)Nc2nc(-c3ccc(F)c(F)c3)cs2)c(F)c1. The molecule has 25 heavy (non-hydrogen) atoms. The molecule has 1 heterocycles. The molecule has 0 radical (unpaired) electrons. The smallest absolute Gasteiger partial charge is 0.260 e. The molecule has 128 valence electrons. The van der Waals surface area contributed by atoms with Crippen molar-refractivity contribution in [3.63, 3.8) is 0 Å². The molecule has 0 aliphatic heterocycles. The van der Waals surface area contributed by atoms with Crippen LogP contribution in [-0.2, 0) is 0 Å². The van der Waals surface area contributed by atoms with Crippen LogP contribution in [-0.4, -0.2) is 18.0 Å². The van der Waals surface area contributed by atoms with E-state index in [4.69, 9.17) is 4.74 Å². The van der Waals surface area contributed by atoms with Crippen molar-refractivity contribution in [2.24, 2.45) is 0 Å². The van der Waals surface area contributed by atoms with Gasteiger partial charge in [0.15, 0.2) is 16.8 Å². The number of nitrogens with zero attached hydrogens (tertiary/aromatic N) is 1. The third kappa shape index (κ3) is 3.63. The minimum Gasteiger partial charge on any atom is -0.497 e. The molecule has 1 N–H and O–H groups in total. The largest absolute Gasteiger partial charge is 0.497 e. The van der Waals surface area contributed by atoms with Gasteiger partial charge in [-0.1, -0.05) is 0 Å². The first-order valence-corrected chi connectivity index (χ1v) is 7.91. The van der Waals surface area contributed by atoms with Crippen molar-refractivity contribution in [3.05, 3.63) is 64.8 Å². The molecular weight excluding hydrogens is 353 g/mol. The molecule has 0 saturated carbocycles. The van der Waals surface area contributed by atoms with Crippen molar-refractivity contribution in [2.45, 2.75) is 0 Å². The molecule has 0 aliphatic rings. The average molecular weight is 364 g/mol. The van der Waals surface area contributed by atoms with E-state index in [1.165, 1.54) is 25.3 Å². The van der Waals surface area contributed by atoms with Gasteiger partial charge in [-0.05, 0) is 30.3 Å². The minimum atomic E-state index is -0.989. The van der Waals surface area contributed by atoms with Crippen LogP contribution in [0.15, 0.2) is 41.8 Å². The first kappa shape index (κ1) is 17.0. The molecule has 1 amide bonds. The fraction of sp³-hybridized carbons (Fsp3) is 0.0588. The Kier molecular flexibility index (Phi) is 4.71. The van der Waals surface area contributed by atoms with Gasteiger partial charge in [0.2, 0.25) is 0 Å². The van der Waals surface area contributed by atoms with Crippen LogP contribution < -0.4 is 10.1 Å². The number of carbonyl (C=O) groups is 1. The Morgan fingerprint density at radius 3 is 2.56 bits per heavy atom. The lowest BCUT2D eigenvalue weighted by atomic mass is 10.2. The number of hydrogen-bond donors (Lipinski definition) is 1. The van der Waals surface area contributed by atoms with E-state index in [1.54, 1.807) is 5.38 Å². The van der Waals surface area contributed by atoms with Crippen LogP contribution in [0.5, 0.6) is 5.75 Å². The van der Waals surface area contributed by atoms with Gasteiger partial charge in [0.1, 0.15) is 11.6 Å². The number of nitrogens with one attached hydrogen (secondary N) is 1. The first-order chi connectivity index (χ1) is 12.0. The van der Waals surface area contributed by atoms with Gasteiger partial charge in [0, 0.05) is 17.0 Å². The van der Waals surface area contributed by atoms with Crippen LogP contribution in [0.2, 0.25) is 0 Å². The lowest BCUT2D eigenvalue weighted by Crippen LogP contribution is -2.13. The molecule has 0 unspecified atom stereocenters. The molecule has 8 heteroatoms. The van der Waals surface area contributed by atoms with E-state index >= 15 is 0 Å². The van der Waals surface area contributed by atoms with Gasteiger partial charge in [-0.15, -0.1) is 11.3 Å². The van der Waals surface area contributed by atoms with Crippen molar-refractivity contribution in [1.82, 2.24) is 4.98 Å². The quantitative estimate of drug-likeness (QED) is 0.742. The average Bonchev–Trinajstić information content (AvgIpc) is 3.05. The number of methoxy groups -OCH3 is 1. The molecular formula is C17H11F3N2O2S. The van der Waals surface area contributed by atoms with Crippen molar-refractivity contribution in [2.75, 3.05) is 12.4 Å². The lowest BCUT2D eigenvalue weighted by Gasteiger charge is -2.05. The number of anilines is 1. The van der Waals surface area contributed by atoms with Crippen LogP contribution in [0, 0.1) is 17.5 Å². The Labute approximate surface area is 144 Å². The molecule has 3 aromatic rings. The van der Waals surface area contributed by atoms with Crippen LogP contribution >= 0.6 is 11.3 Å². The third-order valence-corrected chi connectivity index (χ3v) is 4.12. The van der Waals surface area contributed by atoms with Crippen LogP contribution in [0.1, 0.15) is 10.4 Å². The minimum absolute atomic E-state index is 0.162. The van der Waals surface area contributed by atoms with E-state index in [-0.39, 0.29) is 10.7 Å². The zero-order valence-electron chi connectivity index (χ0n) is 12.8. The fourth-order valence-corrected chi connectivity index (χ4v) is 2.81. The van der Waals surface area contributed by atoms with E-state index in [1.807, 2.05) is 0 Å². The molecule has 0 bridgehead atoms.